The largest absolute Gasteiger partial charge is 0.507 e. The lowest BCUT2D eigenvalue weighted by molar-refractivity contribution is -0.126. The summed E-state index contributed by atoms with van der Waals surface area (Å²) in [4.78, 5) is 31.5. The second kappa shape index (κ2) is 6.56. The van der Waals surface area contributed by atoms with Crippen molar-refractivity contribution < 1.29 is 9.90 Å². The smallest absolute Gasteiger partial charge is 0.273 e. The highest BCUT2D eigenvalue weighted by Crippen LogP contribution is 2.33. The van der Waals surface area contributed by atoms with Crippen LogP contribution in [0.5, 0.6) is 5.75 Å². The topological polar surface area (TPSA) is 116 Å². The second-order valence-electron chi connectivity index (χ2n) is 6.17. The van der Waals surface area contributed by atoms with Gasteiger partial charge in [-0.15, -0.1) is 0 Å². The average molecular weight is 360 g/mol. The molecule has 0 bridgehead atoms. The maximum absolute atomic E-state index is 12.8. The Morgan fingerprint density at radius 2 is 1.89 bits per heavy atom. The maximum atomic E-state index is 12.8. The van der Waals surface area contributed by atoms with E-state index >= 15 is 0 Å². The predicted octanol–water partition coefficient (Wildman–Crippen LogP) is 2.11. The number of carbonyl (C=O) groups excluding carboxylic acids is 1. The molecule has 8 nitrogen and oxygen atoms in total. The van der Waals surface area contributed by atoms with Crippen LogP contribution in [0.2, 0.25) is 0 Å². The van der Waals surface area contributed by atoms with E-state index < -0.39 is 5.91 Å². The van der Waals surface area contributed by atoms with Crippen LogP contribution >= 0.6 is 0 Å². The Kier molecular flexibility index (Phi) is 4.08. The van der Waals surface area contributed by atoms with Crippen molar-refractivity contribution in [3.05, 3.63) is 65.7 Å². The van der Waals surface area contributed by atoms with E-state index in [0.29, 0.717) is 17.3 Å². The number of amides is 1. The number of para-hydroxylation sites is 1. The summed E-state index contributed by atoms with van der Waals surface area (Å²) in [7, 11) is 0. The second-order valence-corrected chi connectivity index (χ2v) is 6.17. The van der Waals surface area contributed by atoms with E-state index in [1.165, 1.54) is 6.07 Å². The predicted molar refractivity (Wildman–Crippen MR) is 97.0 cm³/mol. The van der Waals surface area contributed by atoms with E-state index in [1.807, 2.05) is 6.92 Å². The van der Waals surface area contributed by atoms with Gasteiger partial charge in [-0.05, 0) is 25.1 Å². The summed E-state index contributed by atoms with van der Waals surface area (Å²) in [5.74, 6) is 0.245. The number of nitrogens with zero attached hydrogens (tertiary/aromatic N) is 5. The number of hydrogen-bond donors (Lipinski definition) is 2. The van der Waals surface area contributed by atoms with Crippen LogP contribution in [0.3, 0.4) is 0 Å². The summed E-state index contributed by atoms with van der Waals surface area (Å²) in [5, 5.41) is 18.1. The molecule has 0 saturated heterocycles. The van der Waals surface area contributed by atoms with Gasteiger partial charge in [-0.1, -0.05) is 12.1 Å². The van der Waals surface area contributed by atoms with Crippen LogP contribution in [0.25, 0.3) is 11.6 Å². The van der Waals surface area contributed by atoms with E-state index in [9.17, 15) is 9.90 Å². The van der Waals surface area contributed by atoms with Gasteiger partial charge in [-0.25, -0.2) is 19.9 Å². The van der Waals surface area contributed by atoms with Crippen molar-refractivity contribution in [2.45, 2.75) is 19.5 Å². The van der Waals surface area contributed by atoms with Crippen LogP contribution in [-0.2, 0) is 11.3 Å². The van der Waals surface area contributed by atoms with Gasteiger partial charge in [0.05, 0.1) is 18.3 Å². The number of hydrogen-bond acceptors (Lipinski definition) is 7. The Labute approximate surface area is 155 Å². The van der Waals surface area contributed by atoms with E-state index in [4.69, 9.17) is 5.41 Å². The maximum Gasteiger partial charge on any atom is 0.273 e. The number of phenols is 1. The lowest BCUT2D eigenvalue weighted by Crippen LogP contribution is -2.34. The number of aromatic nitrogens is 4. The van der Waals surface area contributed by atoms with Crippen LogP contribution in [0.4, 0.5) is 0 Å². The highest BCUT2D eigenvalue weighted by atomic mass is 16.3. The van der Waals surface area contributed by atoms with Gasteiger partial charge in [-0.3, -0.25) is 10.2 Å². The highest BCUT2D eigenvalue weighted by Gasteiger charge is 2.34. The van der Waals surface area contributed by atoms with Gasteiger partial charge in [0.15, 0.2) is 11.6 Å². The highest BCUT2D eigenvalue weighted by molar-refractivity contribution is 6.44. The Bertz CT molecular complexity index is 1040. The summed E-state index contributed by atoms with van der Waals surface area (Å²) >= 11 is 0. The number of fused-ring (bicyclic) bond motifs is 1. The summed E-state index contributed by atoms with van der Waals surface area (Å²) < 4.78 is 0. The molecule has 0 aliphatic carbocycles. The zero-order chi connectivity index (χ0) is 19.0. The summed E-state index contributed by atoms with van der Waals surface area (Å²) in [6.45, 7) is 2.12. The molecule has 1 aliphatic heterocycles. The molecule has 27 heavy (non-hydrogen) atoms. The van der Waals surface area contributed by atoms with Gasteiger partial charge in [0, 0.05) is 29.7 Å². The lowest BCUT2D eigenvalue weighted by Gasteiger charge is -2.22. The molecular formula is C19H16N6O2. The third kappa shape index (κ3) is 2.91. The first kappa shape index (κ1) is 16.8. The summed E-state index contributed by atoms with van der Waals surface area (Å²) in [6, 6.07) is 7.77. The molecule has 3 aromatic rings. The number of nitrogens with one attached hydrogen (secondary N) is 1. The normalized spacial score (nSPS) is 15.4. The quantitative estimate of drug-likeness (QED) is 0.691. The molecule has 1 atom stereocenters. The first-order valence-corrected chi connectivity index (χ1v) is 8.37. The first-order chi connectivity index (χ1) is 13.1. The fraction of sp³-hybridized carbons (Fsp3) is 0.158. The Hall–Kier alpha value is -3.68. The summed E-state index contributed by atoms with van der Waals surface area (Å²) in [6.07, 6.45) is 4.91. The zero-order valence-electron chi connectivity index (χ0n) is 14.5. The molecule has 1 aromatic carbocycles. The summed E-state index contributed by atoms with van der Waals surface area (Å²) in [5.41, 5.74) is 1.48. The number of rotatable bonds is 3. The molecule has 0 radical (unpaired) electrons. The number of aromatic hydroxyl groups is 1. The van der Waals surface area contributed by atoms with Crippen molar-refractivity contribution in [2.75, 3.05) is 0 Å². The standard InChI is InChI=1S/C19H16N6O2/c1-11-13-9-23-18(17-21-7-4-8-22-17)24-14(13)10-25(11)19(27)16(20)12-5-2-3-6-15(12)26/h2-9,11,20,26H,10H2,1H3. The van der Waals surface area contributed by atoms with Gasteiger partial charge in [0.2, 0.25) is 0 Å². The van der Waals surface area contributed by atoms with Gasteiger partial charge in [0.25, 0.3) is 5.91 Å². The zero-order valence-corrected chi connectivity index (χ0v) is 14.5. The van der Waals surface area contributed by atoms with E-state index in [-0.39, 0.29) is 29.6 Å². The molecule has 134 valence electrons. The van der Waals surface area contributed by atoms with Gasteiger partial charge in [0.1, 0.15) is 11.5 Å². The van der Waals surface area contributed by atoms with Crippen molar-refractivity contribution in [2.24, 2.45) is 0 Å². The van der Waals surface area contributed by atoms with E-state index in [2.05, 4.69) is 19.9 Å². The molecule has 1 amide bonds. The first-order valence-electron chi connectivity index (χ1n) is 8.37. The molecule has 0 fully saturated rings. The molecule has 8 heteroatoms. The third-order valence-corrected chi connectivity index (χ3v) is 4.55. The van der Waals surface area contributed by atoms with Crippen molar-refractivity contribution in [1.29, 1.82) is 5.41 Å². The Balaban J connectivity index is 1.62. The molecule has 1 unspecified atom stereocenters. The van der Waals surface area contributed by atoms with Crippen LogP contribution in [-0.4, -0.2) is 41.6 Å². The molecule has 2 N–H and O–H groups in total. The van der Waals surface area contributed by atoms with Gasteiger partial charge >= 0.3 is 0 Å². The van der Waals surface area contributed by atoms with Crippen LogP contribution in [0.15, 0.2) is 48.9 Å². The van der Waals surface area contributed by atoms with Gasteiger partial charge < -0.3 is 10.0 Å². The number of carbonyl (C=O) groups is 1. The fourth-order valence-corrected chi connectivity index (χ4v) is 3.08. The van der Waals surface area contributed by atoms with E-state index in [0.717, 1.165) is 5.56 Å². The SMILES string of the molecule is CC1c2cnc(-c3ncccn3)nc2CN1C(=O)C(=N)c1ccccc1O. The minimum Gasteiger partial charge on any atom is -0.507 e. The fourth-order valence-electron chi connectivity index (χ4n) is 3.08. The molecule has 3 heterocycles. The molecule has 0 spiro atoms. The van der Waals surface area contributed by atoms with Crippen LogP contribution in [0, 0.1) is 5.41 Å². The van der Waals surface area contributed by atoms with Crippen LogP contribution in [0.1, 0.15) is 29.8 Å². The molecule has 2 aromatic heterocycles. The minimum atomic E-state index is -0.473. The average Bonchev–Trinajstić information content (AvgIpc) is 3.04. The van der Waals surface area contributed by atoms with Crippen LogP contribution < -0.4 is 0 Å². The lowest BCUT2D eigenvalue weighted by atomic mass is 10.1. The van der Waals surface area contributed by atoms with Crippen molar-refractivity contribution in [3.63, 3.8) is 0 Å². The van der Waals surface area contributed by atoms with E-state index in [1.54, 1.807) is 47.8 Å². The molecular weight excluding hydrogens is 344 g/mol. The number of benzene rings is 1. The monoisotopic (exact) mass is 360 g/mol. The third-order valence-electron chi connectivity index (χ3n) is 4.55. The molecule has 1 aliphatic rings. The van der Waals surface area contributed by atoms with Crippen molar-refractivity contribution in [1.82, 2.24) is 24.8 Å². The minimum absolute atomic E-state index is 0.0940. The molecule has 0 saturated carbocycles. The Morgan fingerprint density at radius 3 is 2.63 bits per heavy atom. The number of phenolic OH excluding ortho intramolecular Hbond substituents is 1. The Morgan fingerprint density at radius 1 is 1.15 bits per heavy atom. The van der Waals surface area contributed by atoms with Crippen molar-refractivity contribution in [3.8, 4) is 17.4 Å². The van der Waals surface area contributed by atoms with Crippen molar-refractivity contribution >= 4 is 11.6 Å². The molecule has 4 rings (SSSR count). The van der Waals surface area contributed by atoms with Gasteiger partial charge in [-0.2, -0.15) is 0 Å².